The van der Waals surface area contributed by atoms with Crippen molar-refractivity contribution in [2.24, 2.45) is 5.92 Å². The van der Waals surface area contributed by atoms with E-state index >= 15 is 0 Å². The Morgan fingerprint density at radius 3 is 2.35 bits per heavy atom. The SMILES string of the molecule is COc1cc(C2Nc3ccccc3C(=O)N2CC(C)C)cc(OC)c1O. The van der Waals surface area contributed by atoms with Crippen LogP contribution in [0.1, 0.15) is 35.9 Å². The summed E-state index contributed by atoms with van der Waals surface area (Å²) in [5.74, 6) is 0.823. The van der Waals surface area contributed by atoms with Gasteiger partial charge in [-0.15, -0.1) is 0 Å². The van der Waals surface area contributed by atoms with Gasteiger partial charge in [-0.2, -0.15) is 0 Å². The minimum absolute atomic E-state index is 0.0240. The van der Waals surface area contributed by atoms with Gasteiger partial charge < -0.3 is 24.8 Å². The van der Waals surface area contributed by atoms with E-state index < -0.39 is 0 Å². The predicted molar refractivity (Wildman–Crippen MR) is 99.9 cm³/mol. The molecule has 0 bridgehead atoms. The summed E-state index contributed by atoms with van der Waals surface area (Å²) in [6.45, 7) is 4.74. The average molecular weight is 356 g/mol. The maximum absolute atomic E-state index is 13.1. The van der Waals surface area contributed by atoms with Crippen molar-refractivity contribution in [1.82, 2.24) is 4.90 Å². The molecule has 0 saturated carbocycles. The zero-order valence-electron chi connectivity index (χ0n) is 15.4. The van der Waals surface area contributed by atoms with E-state index in [-0.39, 0.29) is 17.8 Å². The maximum atomic E-state index is 13.1. The Hall–Kier alpha value is -2.89. The molecule has 1 aliphatic rings. The van der Waals surface area contributed by atoms with Gasteiger partial charge in [0.15, 0.2) is 11.5 Å². The predicted octanol–water partition coefficient (Wildman–Crippen LogP) is 3.63. The third-order valence-corrected chi connectivity index (χ3v) is 4.40. The van der Waals surface area contributed by atoms with Gasteiger partial charge in [0.05, 0.1) is 19.8 Å². The van der Waals surface area contributed by atoms with Crippen molar-refractivity contribution >= 4 is 11.6 Å². The summed E-state index contributed by atoms with van der Waals surface area (Å²) in [6, 6.07) is 10.9. The molecular formula is C20H24N2O4. The molecule has 1 aliphatic heterocycles. The zero-order chi connectivity index (χ0) is 18.8. The lowest BCUT2D eigenvalue weighted by Gasteiger charge is -2.39. The van der Waals surface area contributed by atoms with Crippen LogP contribution in [0.25, 0.3) is 0 Å². The van der Waals surface area contributed by atoms with E-state index in [1.807, 2.05) is 24.3 Å². The molecule has 0 aliphatic carbocycles. The number of phenolic OH excluding ortho intramolecular Hbond substituents is 1. The number of benzene rings is 2. The van der Waals surface area contributed by atoms with E-state index in [9.17, 15) is 9.90 Å². The summed E-state index contributed by atoms with van der Waals surface area (Å²) in [5, 5.41) is 13.6. The second-order valence-electron chi connectivity index (χ2n) is 6.72. The standard InChI is InChI=1S/C20H24N2O4/c1-12(2)11-22-19(21-15-8-6-5-7-14(15)20(22)24)13-9-16(25-3)18(23)17(10-13)26-4/h5-10,12,19,21,23H,11H2,1-4H3. The Kier molecular flexibility index (Phi) is 4.93. The molecular weight excluding hydrogens is 332 g/mol. The number of anilines is 1. The molecule has 6 nitrogen and oxygen atoms in total. The van der Waals surface area contributed by atoms with Crippen molar-refractivity contribution in [2.75, 3.05) is 26.1 Å². The molecule has 0 fully saturated rings. The number of carbonyl (C=O) groups excluding carboxylic acids is 1. The normalized spacial score (nSPS) is 16.3. The quantitative estimate of drug-likeness (QED) is 0.856. The first-order chi connectivity index (χ1) is 12.5. The van der Waals surface area contributed by atoms with Crippen LogP contribution in [-0.2, 0) is 0 Å². The third kappa shape index (κ3) is 3.14. The number of fused-ring (bicyclic) bond motifs is 1. The van der Waals surface area contributed by atoms with Crippen molar-refractivity contribution in [3.8, 4) is 17.2 Å². The number of phenols is 1. The molecule has 2 aromatic carbocycles. The number of nitrogens with one attached hydrogen (secondary N) is 1. The maximum Gasteiger partial charge on any atom is 0.257 e. The van der Waals surface area contributed by atoms with E-state index in [1.165, 1.54) is 14.2 Å². The number of aromatic hydroxyl groups is 1. The zero-order valence-corrected chi connectivity index (χ0v) is 15.4. The summed E-state index contributed by atoms with van der Waals surface area (Å²) >= 11 is 0. The molecule has 1 atom stereocenters. The molecule has 26 heavy (non-hydrogen) atoms. The van der Waals surface area contributed by atoms with Crippen molar-refractivity contribution in [2.45, 2.75) is 20.0 Å². The number of methoxy groups -OCH3 is 2. The molecule has 1 amide bonds. The van der Waals surface area contributed by atoms with Gasteiger partial charge in [0.25, 0.3) is 5.91 Å². The highest BCUT2D eigenvalue weighted by Gasteiger charge is 2.34. The van der Waals surface area contributed by atoms with E-state index in [0.29, 0.717) is 29.5 Å². The smallest absolute Gasteiger partial charge is 0.257 e. The molecule has 1 heterocycles. The number of nitrogens with zero attached hydrogens (tertiary/aromatic N) is 1. The van der Waals surface area contributed by atoms with Crippen LogP contribution in [0, 0.1) is 5.92 Å². The van der Waals surface area contributed by atoms with E-state index in [1.54, 1.807) is 17.0 Å². The van der Waals surface area contributed by atoms with Gasteiger partial charge in [-0.05, 0) is 30.2 Å². The second-order valence-corrected chi connectivity index (χ2v) is 6.72. The highest BCUT2D eigenvalue weighted by Crippen LogP contribution is 2.41. The molecule has 1 unspecified atom stereocenters. The largest absolute Gasteiger partial charge is 0.502 e. The first-order valence-electron chi connectivity index (χ1n) is 8.57. The number of hydrogen-bond donors (Lipinski definition) is 2. The van der Waals surface area contributed by atoms with E-state index in [2.05, 4.69) is 19.2 Å². The summed E-state index contributed by atoms with van der Waals surface area (Å²) in [6.07, 6.45) is -0.386. The molecule has 0 spiro atoms. The Balaban J connectivity index is 2.11. The Morgan fingerprint density at radius 1 is 1.15 bits per heavy atom. The van der Waals surface area contributed by atoms with Crippen LogP contribution in [0.2, 0.25) is 0 Å². The van der Waals surface area contributed by atoms with Crippen molar-refractivity contribution in [1.29, 1.82) is 0 Å². The highest BCUT2D eigenvalue weighted by atomic mass is 16.5. The lowest BCUT2D eigenvalue weighted by atomic mass is 10.0. The highest BCUT2D eigenvalue weighted by molar-refractivity contribution is 6.01. The van der Waals surface area contributed by atoms with E-state index in [0.717, 1.165) is 11.3 Å². The van der Waals surface area contributed by atoms with Crippen molar-refractivity contribution < 1.29 is 19.4 Å². The van der Waals surface area contributed by atoms with Gasteiger partial charge in [0, 0.05) is 17.8 Å². The molecule has 2 N–H and O–H groups in total. The monoisotopic (exact) mass is 356 g/mol. The lowest BCUT2D eigenvalue weighted by Crippen LogP contribution is -2.44. The first kappa shape index (κ1) is 17.9. The number of hydrogen-bond acceptors (Lipinski definition) is 5. The summed E-state index contributed by atoms with van der Waals surface area (Å²) in [7, 11) is 2.97. The fourth-order valence-corrected chi connectivity index (χ4v) is 3.21. The molecule has 0 aromatic heterocycles. The number of carbonyl (C=O) groups is 1. The fourth-order valence-electron chi connectivity index (χ4n) is 3.21. The minimum Gasteiger partial charge on any atom is -0.502 e. The second kappa shape index (κ2) is 7.15. The van der Waals surface area contributed by atoms with Crippen LogP contribution in [0.3, 0.4) is 0 Å². The van der Waals surface area contributed by atoms with Crippen LogP contribution in [0.15, 0.2) is 36.4 Å². The average Bonchev–Trinajstić information content (AvgIpc) is 2.64. The van der Waals surface area contributed by atoms with Crippen molar-refractivity contribution in [3.63, 3.8) is 0 Å². The lowest BCUT2D eigenvalue weighted by molar-refractivity contribution is 0.0657. The molecule has 2 aromatic rings. The molecule has 0 saturated heterocycles. The van der Waals surface area contributed by atoms with Crippen LogP contribution < -0.4 is 14.8 Å². The molecule has 0 radical (unpaired) electrons. The number of para-hydroxylation sites is 1. The summed E-state index contributed by atoms with van der Waals surface area (Å²) in [4.78, 5) is 14.9. The van der Waals surface area contributed by atoms with E-state index in [4.69, 9.17) is 9.47 Å². The first-order valence-corrected chi connectivity index (χ1v) is 8.57. The Labute approximate surface area is 153 Å². The number of ether oxygens (including phenoxy) is 2. The third-order valence-electron chi connectivity index (χ3n) is 4.40. The van der Waals surface area contributed by atoms with Gasteiger partial charge >= 0.3 is 0 Å². The van der Waals surface area contributed by atoms with Gasteiger partial charge in [0.2, 0.25) is 5.75 Å². The van der Waals surface area contributed by atoms with Crippen LogP contribution in [0.5, 0.6) is 17.2 Å². The fraction of sp³-hybridized carbons (Fsp3) is 0.350. The van der Waals surface area contributed by atoms with Crippen molar-refractivity contribution in [3.05, 3.63) is 47.5 Å². The van der Waals surface area contributed by atoms with Gasteiger partial charge in [-0.3, -0.25) is 4.79 Å². The van der Waals surface area contributed by atoms with Crippen LogP contribution >= 0.6 is 0 Å². The summed E-state index contributed by atoms with van der Waals surface area (Å²) < 4.78 is 10.5. The minimum atomic E-state index is -0.386. The van der Waals surface area contributed by atoms with Crippen LogP contribution in [-0.4, -0.2) is 36.7 Å². The topological polar surface area (TPSA) is 71.0 Å². The molecule has 138 valence electrons. The van der Waals surface area contributed by atoms with Gasteiger partial charge in [0.1, 0.15) is 6.17 Å². The number of amides is 1. The van der Waals surface area contributed by atoms with Crippen LogP contribution in [0.4, 0.5) is 5.69 Å². The Bertz CT molecular complexity index is 794. The summed E-state index contributed by atoms with van der Waals surface area (Å²) in [5.41, 5.74) is 2.22. The van der Waals surface area contributed by atoms with Gasteiger partial charge in [-0.25, -0.2) is 0 Å². The molecule has 3 rings (SSSR count). The number of rotatable bonds is 5. The Morgan fingerprint density at radius 2 is 1.77 bits per heavy atom. The van der Waals surface area contributed by atoms with Gasteiger partial charge in [-0.1, -0.05) is 26.0 Å². The molecule has 6 heteroatoms.